The summed E-state index contributed by atoms with van der Waals surface area (Å²) in [5.74, 6) is 1.39. The summed E-state index contributed by atoms with van der Waals surface area (Å²) in [7, 11) is 0. The van der Waals surface area contributed by atoms with Crippen molar-refractivity contribution in [1.29, 1.82) is 0 Å². The van der Waals surface area contributed by atoms with Crippen LogP contribution < -0.4 is 4.74 Å². The molecule has 0 spiro atoms. The van der Waals surface area contributed by atoms with Gasteiger partial charge in [0.2, 0.25) is 0 Å². The Labute approximate surface area is 100 Å². The summed E-state index contributed by atoms with van der Waals surface area (Å²) in [5, 5.41) is 10.8. The Morgan fingerprint density at radius 1 is 1.44 bits per heavy atom. The van der Waals surface area contributed by atoms with E-state index in [1.54, 1.807) is 6.07 Å². The van der Waals surface area contributed by atoms with Crippen molar-refractivity contribution in [3.8, 4) is 5.75 Å². The standard InChI is InChI=1S/C13H15ClO2/c1-13(8-2-3-8)7-11(15)10-6-9(14)4-5-12(10)16-13/h4-6,8,11,15H,2-3,7H2,1H3. The Bertz CT molecular complexity index is 428. The molecule has 1 saturated carbocycles. The Morgan fingerprint density at radius 3 is 2.88 bits per heavy atom. The van der Waals surface area contributed by atoms with Crippen molar-refractivity contribution in [2.75, 3.05) is 0 Å². The minimum Gasteiger partial charge on any atom is -0.487 e. The molecule has 0 radical (unpaired) electrons. The molecule has 2 unspecified atom stereocenters. The van der Waals surface area contributed by atoms with E-state index in [2.05, 4.69) is 6.92 Å². The molecule has 2 nitrogen and oxygen atoms in total. The lowest BCUT2D eigenvalue weighted by Crippen LogP contribution is -2.40. The molecule has 0 amide bonds. The molecule has 2 atom stereocenters. The second kappa shape index (κ2) is 3.38. The lowest BCUT2D eigenvalue weighted by atomic mass is 9.87. The monoisotopic (exact) mass is 238 g/mol. The van der Waals surface area contributed by atoms with E-state index in [0.29, 0.717) is 17.4 Å². The third-order valence-electron chi connectivity index (χ3n) is 3.71. The average molecular weight is 239 g/mol. The molecule has 3 heteroatoms. The minimum atomic E-state index is -0.451. The van der Waals surface area contributed by atoms with Crippen LogP contribution in [0.25, 0.3) is 0 Å². The highest BCUT2D eigenvalue weighted by atomic mass is 35.5. The fourth-order valence-corrected chi connectivity index (χ4v) is 2.78. The number of aliphatic hydroxyl groups is 1. The maximum Gasteiger partial charge on any atom is 0.126 e. The summed E-state index contributed by atoms with van der Waals surface area (Å²) in [6, 6.07) is 5.47. The number of rotatable bonds is 1. The summed E-state index contributed by atoms with van der Waals surface area (Å²) >= 11 is 5.92. The third kappa shape index (κ3) is 1.61. The minimum absolute atomic E-state index is 0.194. The van der Waals surface area contributed by atoms with Gasteiger partial charge in [0, 0.05) is 17.0 Å². The predicted molar refractivity (Wildman–Crippen MR) is 62.8 cm³/mol. The average Bonchev–Trinajstić information content (AvgIpc) is 3.03. The fourth-order valence-electron chi connectivity index (χ4n) is 2.60. The van der Waals surface area contributed by atoms with E-state index in [4.69, 9.17) is 16.3 Å². The Kier molecular flexibility index (Phi) is 2.20. The third-order valence-corrected chi connectivity index (χ3v) is 3.95. The normalized spacial score (nSPS) is 33.1. The van der Waals surface area contributed by atoms with Crippen LogP contribution >= 0.6 is 11.6 Å². The van der Waals surface area contributed by atoms with Crippen LogP contribution in [0, 0.1) is 5.92 Å². The van der Waals surface area contributed by atoms with Crippen LogP contribution in [-0.4, -0.2) is 10.7 Å². The molecule has 0 aromatic heterocycles. The van der Waals surface area contributed by atoms with Gasteiger partial charge in [-0.05, 0) is 43.9 Å². The number of fused-ring (bicyclic) bond motifs is 1. The molecule has 1 aliphatic carbocycles. The first-order valence-electron chi connectivity index (χ1n) is 5.75. The Hall–Kier alpha value is -0.730. The van der Waals surface area contributed by atoms with E-state index in [9.17, 15) is 5.11 Å². The molecule has 1 heterocycles. The summed E-state index contributed by atoms with van der Waals surface area (Å²) in [4.78, 5) is 0. The Morgan fingerprint density at radius 2 is 2.19 bits per heavy atom. The molecule has 1 aliphatic heterocycles. The molecule has 2 aliphatic rings. The van der Waals surface area contributed by atoms with Crippen LogP contribution in [0.2, 0.25) is 5.02 Å². The molecule has 3 rings (SSSR count). The molecular weight excluding hydrogens is 224 g/mol. The molecule has 1 N–H and O–H groups in total. The fraction of sp³-hybridized carbons (Fsp3) is 0.538. The zero-order chi connectivity index (χ0) is 11.3. The van der Waals surface area contributed by atoms with Gasteiger partial charge in [-0.15, -0.1) is 0 Å². The van der Waals surface area contributed by atoms with Gasteiger partial charge in [0.25, 0.3) is 0 Å². The van der Waals surface area contributed by atoms with Crippen molar-refractivity contribution in [3.63, 3.8) is 0 Å². The first kappa shape index (κ1) is 10.4. The lowest BCUT2D eigenvalue weighted by molar-refractivity contribution is -0.0166. The molecule has 0 bridgehead atoms. The van der Waals surface area contributed by atoms with Gasteiger partial charge < -0.3 is 9.84 Å². The van der Waals surface area contributed by atoms with E-state index < -0.39 is 6.10 Å². The number of ether oxygens (including phenoxy) is 1. The van der Waals surface area contributed by atoms with Gasteiger partial charge in [-0.1, -0.05) is 11.6 Å². The first-order chi connectivity index (χ1) is 7.58. The summed E-state index contributed by atoms with van der Waals surface area (Å²) < 4.78 is 6.05. The van der Waals surface area contributed by atoms with E-state index >= 15 is 0 Å². The molecular formula is C13H15ClO2. The number of benzene rings is 1. The highest BCUT2D eigenvalue weighted by molar-refractivity contribution is 6.30. The van der Waals surface area contributed by atoms with Gasteiger partial charge in [-0.2, -0.15) is 0 Å². The number of hydrogen-bond donors (Lipinski definition) is 1. The largest absolute Gasteiger partial charge is 0.487 e. The molecule has 1 aromatic rings. The van der Waals surface area contributed by atoms with Crippen LogP contribution in [-0.2, 0) is 0 Å². The van der Waals surface area contributed by atoms with Crippen LogP contribution in [0.4, 0.5) is 0 Å². The zero-order valence-corrected chi connectivity index (χ0v) is 10.00. The molecule has 1 fully saturated rings. The maximum atomic E-state index is 10.2. The highest BCUT2D eigenvalue weighted by Gasteiger charge is 2.47. The van der Waals surface area contributed by atoms with Crippen molar-refractivity contribution in [3.05, 3.63) is 28.8 Å². The van der Waals surface area contributed by atoms with E-state index in [-0.39, 0.29) is 5.60 Å². The number of aliphatic hydroxyl groups excluding tert-OH is 1. The first-order valence-corrected chi connectivity index (χ1v) is 6.13. The molecule has 86 valence electrons. The van der Waals surface area contributed by atoms with E-state index in [1.165, 1.54) is 12.8 Å². The van der Waals surface area contributed by atoms with E-state index in [1.807, 2.05) is 12.1 Å². The molecule has 0 saturated heterocycles. The molecule has 1 aromatic carbocycles. The zero-order valence-electron chi connectivity index (χ0n) is 9.24. The van der Waals surface area contributed by atoms with Crippen molar-refractivity contribution in [2.45, 2.75) is 37.9 Å². The topological polar surface area (TPSA) is 29.5 Å². The Balaban J connectivity index is 1.99. The van der Waals surface area contributed by atoms with Crippen LogP contribution in [0.5, 0.6) is 5.75 Å². The van der Waals surface area contributed by atoms with Gasteiger partial charge in [-0.3, -0.25) is 0 Å². The van der Waals surface area contributed by atoms with Gasteiger partial charge in [0.15, 0.2) is 0 Å². The van der Waals surface area contributed by atoms with Gasteiger partial charge in [0.05, 0.1) is 6.10 Å². The second-order valence-electron chi connectivity index (χ2n) is 5.09. The quantitative estimate of drug-likeness (QED) is 0.813. The van der Waals surface area contributed by atoms with Crippen molar-refractivity contribution in [1.82, 2.24) is 0 Å². The lowest BCUT2D eigenvalue weighted by Gasteiger charge is -2.38. The van der Waals surface area contributed by atoms with Crippen LogP contribution in [0.15, 0.2) is 18.2 Å². The van der Waals surface area contributed by atoms with Crippen molar-refractivity contribution < 1.29 is 9.84 Å². The second-order valence-corrected chi connectivity index (χ2v) is 5.53. The van der Waals surface area contributed by atoms with Crippen LogP contribution in [0.3, 0.4) is 0 Å². The highest BCUT2D eigenvalue weighted by Crippen LogP contribution is 2.50. The summed E-state index contributed by atoms with van der Waals surface area (Å²) in [6.07, 6.45) is 2.65. The van der Waals surface area contributed by atoms with Crippen molar-refractivity contribution >= 4 is 11.6 Å². The molecule has 16 heavy (non-hydrogen) atoms. The van der Waals surface area contributed by atoms with Gasteiger partial charge in [0.1, 0.15) is 11.4 Å². The maximum absolute atomic E-state index is 10.2. The van der Waals surface area contributed by atoms with Crippen molar-refractivity contribution in [2.24, 2.45) is 5.92 Å². The predicted octanol–water partition coefficient (Wildman–Crippen LogP) is 3.32. The summed E-state index contributed by atoms with van der Waals surface area (Å²) in [6.45, 7) is 2.10. The number of halogens is 1. The summed E-state index contributed by atoms with van der Waals surface area (Å²) in [5.41, 5.74) is 0.630. The van der Waals surface area contributed by atoms with E-state index in [0.717, 1.165) is 11.3 Å². The van der Waals surface area contributed by atoms with Gasteiger partial charge >= 0.3 is 0 Å². The SMILES string of the molecule is CC1(C2CC2)CC(O)c2cc(Cl)ccc2O1. The van der Waals surface area contributed by atoms with Crippen LogP contribution in [0.1, 0.15) is 37.9 Å². The smallest absolute Gasteiger partial charge is 0.126 e. The number of hydrogen-bond acceptors (Lipinski definition) is 2. The van der Waals surface area contributed by atoms with Gasteiger partial charge in [-0.25, -0.2) is 0 Å².